The molecule has 2 nitrogen and oxygen atoms in total. The average Bonchev–Trinajstić information content (AvgIpc) is 2.16. The molecule has 0 spiro atoms. The molecule has 0 amide bonds. The lowest BCUT2D eigenvalue weighted by Gasteiger charge is -2.16. The molecule has 3 heteroatoms. The van der Waals surface area contributed by atoms with E-state index in [9.17, 15) is 0 Å². The van der Waals surface area contributed by atoms with Gasteiger partial charge in [0.2, 0.25) is 0 Å². The Morgan fingerprint density at radius 3 is 2.62 bits per heavy atom. The molecule has 0 aromatic carbocycles. The fraction of sp³-hybridized carbons (Fsp3) is 0.900. The minimum Gasteiger partial charge on any atom is -0.299 e. The maximum atomic E-state index is 8.85. The molecule has 0 bridgehead atoms. The van der Waals surface area contributed by atoms with Crippen LogP contribution in [0.3, 0.4) is 0 Å². The highest BCUT2D eigenvalue weighted by molar-refractivity contribution is 7.99. The molecule has 0 aliphatic heterocycles. The number of nitrogens with one attached hydrogen (secondary N) is 1. The Hall–Kier alpha value is -0.200. The summed E-state index contributed by atoms with van der Waals surface area (Å²) >= 11 is 1.90. The van der Waals surface area contributed by atoms with Crippen molar-refractivity contribution in [2.75, 3.05) is 11.5 Å². The van der Waals surface area contributed by atoms with Crippen molar-refractivity contribution in [2.45, 2.75) is 45.7 Å². The van der Waals surface area contributed by atoms with Gasteiger partial charge in [0.25, 0.3) is 0 Å². The van der Waals surface area contributed by atoms with Crippen LogP contribution in [-0.2, 0) is 0 Å². The first-order chi connectivity index (χ1) is 6.24. The molecule has 0 aromatic heterocycles. The second-order valence-electron chi connectivity index (χ2n) is 3.14. The highest BCUT2D eigenvalue weighted by Crippen LogP contribution is 2.04. The zero-order valence-electron chi connectivity index (χ0n) is 8.84. The van der Waals surface area contributed by atoms with Crippen molar-refractivity contribution < 1.29 is 0 Å². The molecule has 13 heavy (non-hydrogen) atoms. The fourth-order valence-corrected chi connectivity index (χ4v) is 1.68. The van der Waals surface area contributed by atoms with Crippen molar-refractivity contribution in [3.63, 3.8) is 0 Å². The van der Waals surface area contributed by atoms with E-state index in [0.29, 0.717) is 6.04 Å². The van der Waals surface area contributed by atoms with Gasteiger partial charge in [0.1, 0.15) is 0 Å². The molecule has 0 saturated carbocycles. The summed E-state index contributed by atoms with van der Waals surface area (Å²) in [5, 5.41) is 12.1. The van der Waals surface area contributed by atoms with Gasteiger partial charge in [-0.05, 0) is 31.3 Å². The lowest BCUT2D eigenvalue weighted by atomic mass is 10.2. The standard InChI is InChI=1S/C10H20N2S/c1-4-9(3)12-10(8-11)6-7-13-5-2/h9-10,12H,4-7H2,1-3H3. The first-order valence-corrected chi connectivity index (χ1v) is 6.13. The van der Waals surface area contributed by atoms with E-state index in [1.165, 1.54) is 0 Å². The van der Waals surface area contributed by atoms with Crippen LogP contribution in [0.15, 0.2) is 0 Å². The van der Waals surface area contributed by atoms with E-state index in [1.807, 2.05) is 11.8 Å². The third-order valence-electron chi connectivity index (χ3n) is 2.01. The molecule has 0 aromatic rings. The maximum absolute atomic E-state index is 8.85. The van der Waals surface area contributed by atoms with Crippen LogP contribution in [0.2, 0.25) is 0 Å². The molecule has 0 saturated heterocycles. The van der Waals surface area contributed by atoms with Crippen molar-refractivity contribution in [2.24, 2.45) is 0 Å². The van der Waals surface area contributed by atoms with Gasteiger partial charge >= 0.3 is 0 Å². The van der Waals surface area contributed by atoms with E-state index < -0.39 is 0 Å². The molecule has 2 unspecified atom stereocenters. The number of hydrogen-bond acceptors (Lipinski definition) is 3. The summed E-state index contributed by atoms with van der Waals surface area (Å²) in [6.07, 6.45) is 2.04. The van der Waals surface area contributed by atoms with Gasteiger partial charge in [0.15, 0.2) is 0 Å². The third-order valence-corrected chi connectivity index (χ3v) is 2.94. The van der Waals surface area contributed by atoms with Gasteiger partial charge in [-0.3, -0.25) is 5.32 Å². The summed E-state index contributed by atoms with van der Waals surface area (Å²) in [5.74, 6) is 2.22. The molecular formula is C10H20N2S. The Labute approximate surface area is 86.1 Å². The second kappa shape index (κ2) is 8.40. The number of nitrogens with zero attached hydrogens (tertiary/aromatic N) is 1. The molecule has 2 atom stereocenters. The Morgan fingerprint density at radius 1 is 1.46 bits per heavy atom. The van der Waals surface area contributed by atoms with Crippen LogP contribution in [-0.4, -0.2) is 23.6 Å². The van der Waals surface area contributed by atoms with E-state index in [1.54, 1.807) is 0 Å². The Balaban J connectivity index is 3.58. The van der Waals surface area contributed by atoms with Crippen molar-refractivity contribution in [3.05, 3.63) is 0 Å². The average molecular weight is 200 g/mol. The molecule has 0 fully saturated rings. The normalized spacial score (nSPS) is 14.9. The van der Waals surface area contributed by atoms with E-state index in [-0.39, 0.29) is 6.04 Å². The van der Waals surface area contributed by atoms with Crippen LogP contribution in [0, 0.1) is 11.3 Å². The molecule has 0 aliphatic rings. The van der Waals surface area contributed by atoms with E-state index in [4.69, 9.17) is 5.26 Å². The van der Waals surface area contributed by atoms with Crippen molar-refractivity contribution in [1.29, 1.82) is 5.26 Å². The first-order valence-electron chi connectivity index (χ1n) is 4.98. The monoisotopic (exact) mass is 200 g/mol. The smallest absolute Gasteiger partial charge is 0.0962 e. The highest BCUT2D eigenvalue weighted by Gasteiger charge is 2.08. The van der Waals surface area contributed by atoms with Crippen molar-refractivity contribution in [3.8, 4) is 6.07 Å². The van der Waals surface area contributed by atoms with Gasteiger partial charge in [-0.1, -0.05) is 13.8 Å². The minimum atomic E-state index is 0.0361. The third kappa shape index (κ3) is 6.92. The number of nitriles is 1. The van der Waals surface area contributed by atoms with Crippen LogP contribution in [0.25, 0.3) is 0 Å². The molecule has 0 radical (unpaired) electrons. The summed E-state index contributed by atoms with van der Waals surface area (Å²) in [5.41, 5.74) is 0. The van der Waals surface area contributed by atoms with Crippen molar-refractivity contribution in [1.82, 2.24) is 5.32 Å². The molecule has 76 valence electrons. The van der Waals surface area contributed by atoms with Crippen molar-refractivity contribution >= 4 is 11.8 Å². The van der Waals surface area contributed by atoms with Gasteiger partial charge in [-0.2, -0.15) is 17.0 Å². The van der Waals surface area contributed by atoms with Gasteiger partial charge in [-0.25, -0.2) is 0 Å². The van der Waals surface area contributed by atoms with Gasteiger partial charge in [0, 0.05) is 6.04 Å². The van der Waals surface area contributed by atoms with E-state index in [2.05, 4.69) is 32.2 Å². The summed E-state index contributed by atoms with van der Waals surface area (Å²) in [4.78, 5) is 0. The van der Waals surface area contributed by atoms with E-state index in [0.717, 1.165) is 24.3 Å². The molecular weight excluding hydrogens is 180 g/mol. The predicted octanol–water partition coefficient (Wildman–Crippen LogP) is 2.41. The maximum Gasteiger partial charge on any atom is 0.0962 e. The minimum absolute atomic E-state index is 0.0361. The molecule has 0 aliphatic carbocycles. The van der Waals surface area contributed by atoms with Crippen LogP contribution in [0.4, 0.5) is 0 Å². The Kier molecular flexibility index (Phi) is 8.27. The summed E-state index contributed by atoms with van der Waals surface area (Å²) < 4.78 is 0. The fourth-order valence-electron chi connectivity index (χ4n) is 0.992. The van der Waals surface area contributed by atoms with Crippen LogP contribution >= 0.6 is 11.8 Å². The van der Waals surface area contributed by atoms with Crippen LogP contribution in [0.1, 0.15) is 33.6 Å². The van der Waals surface area contributed by atoms with Crippen LogP contribution in [0.5, 0.6) is 0 Å². The summed E-state index contributed by atoms with van der Waals surface area (Å²) in [7, 11) is 0. The number of thioether (sulfide) groups is 1. The summed E-state index contributed by atoms with van der Waals surface area (Å²) in [6, 6.07) is 2.79. The van der Waals surface area contributed by atoms with Gasteiger partial charge < -0.3 is 0 Å². The van der Waals surface area contributed by atoms with Gasteiger partial charge in [-0.15, -0.1) is 0 Å². The highest BCUT2D eigenvalue weighted by atomic mass is 32.2. The second-order valence-corrected chi connectivity index (χ2v) is 4.54. The SMILES string of the molecule is CCSCCC(C#N)NC(C)CC. The first kappa shape index (κ1) is 12.8. The lowest BCUT2D eigenvalue weighted by Crippen LogP contribution is -2.35. The Bertz CT molecular complexity index is 153. The predicted molar refractivity (Wildman–Crippen MR) is 59.9 cm³/mol. The molecule has 0 rings (SSSR count). The molecule has 0 heterocycles. The lowest BCUT2D eigenvalue weighted by molar-refractivity contribution is 0.484. The molecule has 1 N–H and O–H groups in total. The zero-order valence-corrected chi connectivity index (χ0v) is 9.66. The largest absolute Gasteiger partial charge is 0.299 e. The zero-order chi connectivity index (χ0) is 10.1. The van der Waals surface area contributed by atoms with Gasteiger partial charge in [0.05, 0.1) is 12.1 Å². The van der Waals surface area contributed by atoms with Crippen LogP contribution < -0.4 is 5.32 Å². The number of hydrogen-bond donors (Lipinski definition) is 1. The quantitative estimate of drug-likeness (QED) is 0.641. The number of rotatable bonds is 7. The topological polar surface area (TPSA) is 35.8 Å². The van der Waals surface area contributed by atoms with E-state index >= 15 is 0 Å². The summed E-state index contributed by atoms with van der Waals surface area (Å²) in [6.45, 7) is 6.40. The Morgan fingerprint density at radius 2 is 2.15 bits per heavy atom.